The van der Waals surface area contributed by atoms with E-state index in [9.17, 15) is 9.59 Å². The van der Waals surface area contributed by atoms with E-state index in [1.807, 2.05) is 30.3 Å². The van der Waals surface area contributed by atoms with Crippen LogP contribution in [0.3, 0.4) is 0 Å². The van der Waals surface area contributed by atoms with Crippen molar-refractivity contribution in [2.45, 2.75) is 64.2 Å². The zero-order valence-corrected chi connectivity index (χ0v) is 18.6. The van der Waals surface area contributed by atoms with E-state index in [0.29, 0.717) is 16.2 Å². The summed E-state index contributed by atoms with van der Waals surface area (Å²) in [6, 6.07) is 16.2. The van der Waals surface area contributed by atoms with Crippen LogP contribution in [0.25, 0.3) is 5.57 Å². The lowest BCUT2D eigenvalue weighted by Gasteiger charge is -2.25. The predicted molar refractivity (Wildman–Crippen MR) is 124 cm³/mol. The van der Waals surface area contributed by atoms with Gasteiger partial charge in [0.15, 0.2) is 0 Å². The second-order valence-corrected chi connectivity index (χ2v) is 9.39. The average molecular weight is 420 g/mol. The van der Waals surface area contributed by atoms with Gasteiger partial charge in [-0.3, -0.25) is 14.5 Å². The second-order valence-electron chi connectivity index (χ2n) is 8.40. The van der Waals surface area contributed by atoms with Gasteiger partial charge in [0.2, 0.25) is 0 Å². The Morgan fingerprint density at radius 2 is 1.57 bits per heavy atom. The molecular weight excluding hydrogens is 390 g/mol. The topological polar surface area (TPSA) is 37.4 Å². The van der Waals surface area contributed by atoms with Crippen molar-refractivity contribution in [3.63, 3.8) is 0 Å². The Labute approximate surface area is 183 Å². The quantitative estimate of drug-likeness (QED) is 0.438. The molecule has 1 aliphatic heterocycles. The molecule has 30 heavy (non-hydrogen) atoms. The van der Waals surface area contributed by atoms with Crippen molar-refractivity contribution in [2.75, 3.05) is 0 Å². The minimum atomic E-state index is -0.106. The van der Waals surface area contributed by atoms with E-state index < -0.39 is 0 Å². The number of benzene rings is 2. The fraction of sp³-hybridized carbons (Fsp3) is 0.385. The molecule has 3 nitrogen and oxygen atoms in total. The molecule has 1 heterocycles. The minimum absolute atomic E-state index is 0.0314. The summed E-state index contributed by atoms with van der Waals surface area (Å²) in [7, 11) is 0. The lowest BCUT2D eigenvalue weighted by molar-refractivity contribution is -0.139. The molecule has 0 atom stereocenters. The molecule has 2 aromatic carbocycles. The van der Waals surface area contributed by atoms with Gasteiger partial charge in [-0.2, -0.15) is 0 Å². The highest BCUT2D eigenvalue weighted by Crippen LogP contribution is 2.40. The number of hydrogen-bond acceptors (Lipinski definition) is 3. The lowest BCUT2D eigenvalue weighted by atomic mass is 10.00. The maximum Gasteiger partial charge on any atom is 0.268 e. The summed E-state index contributed by atoms with van der Waals surface area (Å²) >= 11 is 1.50. The highest BCUT2D eigenvalue weighted by molar-refractivity contribution is 8.03. The van der Waals surface area contributed by atoms with Crippen molar-refractivity contribution in [1.82, 2.24) is 4.90 Å². The maximum absolute atomic E-state index is 13.6. The summed E-state index contributed by atoms with van der Waals surface area (Å²) < 4.78 is 0. The first-order valence-corrected chi connectivity index (χ1v) is 11.9. The van der Waals surface area contributed by atoms with Crippen LogP contribution in [0.1, 0.15) is 60.8 Å². The van der Waals surface area contributed by atoms with Crippen LogP contribution in [-0.4, -0.2) is 22.8 Å². The number of thioether (sulfide) groups is 1. The number of imide groups is 1. The van der Waals surface area contributed by atoms with E-state index >= 15 is 0 Å². The van der Waals surface area contributed by atoms with E-state index in [1.165, 1.54) is 30.2 Å². The third-order valence-corrected chi connectivity index (χ3v) is 7.43. The fourth-order valence-corrected chi connectivity index (χ4v) is 5.46. The zero-order chi connectivity index (χ0) is 21.1. The number of nitrogens with zero attached hydrogens (tertiary/aromatic N) is 1. The summed E-state index contributed by atoms with van der Waals surface area (Å²) in [5.74, 6) is 0.481. The van der Waals surface area contributed by atoms with Crippen LogP contribution in [0, 0.1) is 13.8 Å². The second kappa shape index (κ2) is 9.22. The summed E-state index contributed by atoms with van der Waals surface area (Å²) in [5, 5.41) is 0. The minimum Gasteiger partial charge on any atom is -0.271 e. The third kappa shape index (κ3) is 4.24. The average Bonchev–Trinajstić information content (AvgIpc) is 2.92. The Balaban J connectivity index is 1.70. The van der Waals surface area contributed by atoms with Crippen molar-refractivity contribution in [3.8, 4) is 0 Å². The van der Waals surface area contributed by atoms with Crippen LogP contribution in [0.2, 0.25) is 0 Å². The van der Waals surface area contributed by atoms with Crippen molar-refractivity contribution in [3.05, 3.63) is 75.7 Å². The van der Waals surface area contributed by atoms with Crippen molar-refractivity contribution in [2.24, 2.45) is 0 Å². The van der Waals surface area contributed by atoms with Crippen molar-refractivity contribution in [1.29, 1.82) is 0 Å². The number of carbonyl (C=O) groups excluding carboxylic acids is 2. The Hall–Kier alpha value is -2.33. The summed E-state index contributed by atoms with van der Waals surface area (Å²) in [6.07, 6.45) is 6.42. The molecule has 2 aliphatic rings. The Bertz CT molecular complexity index is 972. The van der Waals surface area contributed by atoms with Gasteiger partial charge >= 0.3 is 0 Å². The number of carbonyl (C=O) groups is 2. The van der Waals surface area contributed by atoms with Crippen molar-refractivity contribution < 1.29 is 9.59 Å². The first-order chi connectivity index (χ1) is 14.6. The van der Waals surface area contributed by atoms with E-state index in [0.717, 1.165) is 42.4 Å². The van der Waals surface area contributed by atoms with Crippen LogP contribution in [0.5, 0.6) is 0 Å². The molecule has 1 aliphatic carbocycles. The Morgan fingerprint density at radius 1 is 0.867 bits per heavy atom. The summed E-state index contributed by atoms with van der Waals surface area (Å²) in [6.45, 7) is 4.12. The molecule has 1 fully saturated rings. The largest absolute Gasteiger partial charge is 0.271 e. The Kier molecular flexibility index (Phi) is 6.43. The Morgan fingerprint density at radius 3 is 2.23 bits per heavy atom. The van der Waals surface area contributed by atoms with Gasteiger partial charge < -0.3 is 0 Å². The lowest BCUT2D eigenvalue weighted by Crippen LogP contribution is -2.40. The first kappa shape index (κ1) is 20.9. The van der Waals surface area contributed by atoms with Gasteiger partial charge in [0.1, 0.15) is 0 Å². The van der Waals surface area contributed by atoms with Crippen LogP contribution in [0.15, 0.2) is 53.4 Å². The standard InChI is InChI=1S/C26H29NO2S/c1-18-14-15-21(16-19(18)2)23-24(30-17-20-10-6-5-7-11-20)26(29)27(25(23)28)22-12-8-3-4-9-13-22/h5-7,10-11,14-16,22H,3-4,8-9,12-13,17H2,1-2H3. The number of aryl methyl sites for hydroxylation is 2. The van der Waals surface area contributed by atoms with E-state index in [-0.39, 0.29) is 17.9 Å². The van der Waals surface area contributed by atoms with Gasteiger partial charge in [0.25, 0.3) is 11.8 Å². The molecule has 4 heteroatoms. The van der Waals surface area contributed by atoms with Crippen LogP contribution < -0.4 is 0 Å². The monoisotopic (exact) mass is 419 g/mol. The third-order valence-electron chi connectivity index (χ3n) is 6.28. The predicted octanol–water partition coefficient (Wildman–Crippen LogP) is 6.04. The molecule has 0 spiro atoms. The SMILES string of the molecule is Cc1ccc(C2=C(SCc3ccccc3)C(=O)N(C3CCCCCC3)C2=O)cc1C. The normalized spacial score (nSPS) is 18.3. The smallest absolute Gasteiger partial charge is 0.268 e. The van der Waals surface area contributed by atoms with Gasteiger partial charge in [0, 0.05) is 11.8 Å². The molecule has 2 aromatic rings. The zero-order valence-electron chi connectivity index (χ0n) is 17.8. The summed E-state index contributed by atoms with van der Waals surface area (Å²) in [5.41, 5.74) is 4.94. The van der Waals surface area contributed by atoms with Gasteiger partial charge in [-0.15, -0.1) is 11.8 Å². The molecule has 4 rings (SSSR count). The van der Waals surface area contributed by atoms with Crippen LogP contribution in [-0.2, 0) is 15.3 Å². The molecule has 0 unspecified atom stereocenters. The fourth-order valence-electron chi connectivity index (χ4n) is 4.39. The molecule has 1 saturated carbocycles. The van der Waals surface area contributed by atoms with Gasteiger partial charge in [0.05, 0.1) is 10.5 Å². The summed E-state index contributed by atoms with van der Waals surface area (Å²) in [4.78, 5) is 29.3. The molecule has 0 radical (unpaired) electrons. The number of amides is 2. The van der Waals surface area contributed by atoms with E-state index in [1.54, 1.807) is 4.90 Å². The molecule has 0 aromatic heterocycles. The van der Waals surface area contributed by atoms with E-state index in [4.69, 9.17) is 0 Å². The first-order valence-electron chi connectivity index (χ1n) is 10.9. The number of hydrogen-bond donors (Lipinski definition) is 0. The van der Waals surface area contributed by atoms with Gasteiger partial charge in [-0.25, -0.2) is 0 Å². The highest BCUT2D eigenvalue weighted by Gasteiger charge is 2.42. The maximum atomic E-state index is 13.6. The molecule has 0 N–H and O–H groups in total. The van der Waals surface area contributed by atoms with Crippen LogP contribution >= 0.6 is 11.8 Å². The van der Waals surface area contributed by atoms with Gasteiger partial charge in [-0.1, -0.05) is 74.2 Å². The van der Waals surface area contributed by atoms with E-state index in [2.05, 4.69) is 32.0 Å². The molecule has 156 valence electrons. The molecule has 2 amide bonds. The number of rotatable bonds is 5. The molecule has 0 bridgehead atoms. The highest BCUT2D eigenvalue weighted by atomic mass is 32.2. The van der Waals surface area contributed by atoms with Crippen molar-refractivity contribution >= 4 is 29.1 Å². The van der Waals surface area contributed by atoms with Gasteiger partial charge in [-0.05, 0) is 48.9 Å². The molecule has 0 saturated heterocycles. The van der Waals surface area contributed by atoms with Crippen LogP contribution in [0.4, 0.5) is 0 Å². The molecular formula is C26H29NO2S.